The normalized spacial score (nSPS) is 10.4. The molecule has 2 rings (SSSR count). The molecule has 0 unspecified atom stereocenters. The van der Waals surface area contributed by atoms with Gasteiger partial charge in [0.1, 0.15) is 11.5 Å². The highest BCUT2D eigenvalue weighted by Gasteiger charge is 2.15. The van der Waals surface area contributed by atoms with Crippen molar-refractivity contribution >= 4 is 81.5 Å². The molecule has 27 heavy (non-hydrogen) atoms. The Labute approximate surface area is 183 Å². The van der Waals surface area contributed by atoms with E-state index in [0.29, 0.717) is 0 Å². The second-order valence-electron chi connectivity index (χ2n) is 4.82. The summed E-state index contributed by atoms with van der Waals surface area (Å²) in [6, 6.07) is 5.37. The second-order valence-corrected chi connectivity index (χ2v) is 7.26. The summed E-state index contributed by atoms with van der Waals surface area (Å²) >= 11 is 35.0. The first kappa shape index (κ1) is 22.2. The number of halogens is 6. The number of carbonyl (C=O) groups is 2. The van der Waals surface area contributed by atoms with Crippen LogP contribution >= 0.6 is 69.6 Å². The lowest BCUT2D eigenvalue weighted by molar-refractivity contribution is -0.162. The molecule has 0 radical (unpaired) electrons. The van der Waals surface area contributed by atoms with Gasteiger partial charge in [-0.25, -0.2) is 9.59 Å². The van der Waals surface area contributed by atoms with Crippen molar-refractivity contribution in [3.63, 3.8) is 0 Å². The van der Waals surface area contributed by atoms with Gasteiger partial charge in [-0.15, -0.1) is 0 Å². The van der Waals surface area contributed by atoms with Crippen LogP contribution in [0.5, 0.6) is 11.5 Å². The quantitative estimate of drug-likeness (QED) is 0.275. The largest absolute Gasteiger partial charge is 0.480 e. The van der Waals surface area contributed by atoms with Gasteiger partial charge < -0.3 is 14.2 Å². The summed E-state index contributed by atoms with van der Waals surface area (Å²) in [5, 5.41) is 1.11. The average Bonchev–Trinajstić information content (AvgIpc) is 2.59. The minimum absolute atomic E-state index is 0.106. The van der Waals surface area contributed by atoms with E-state index in [2.05, 4.69) is 4.74 Å². The van der Waals surface area contributed by atoms with Gasteiger partial charge in [0, 0.05) is 12.1 Å². The van der Waals surface area contributed by atoms with Crippen molar-refractivity contribution in [2.24, 2.45) is 0 Å². The second kappa shape index (κ2) is 9.92. The summed E-state index contributed by atoms with van der Waals surface area (Å²) in [4.78, 5) is 23.4. The Kier molecular flexibility index (Phi) is 8.16. The molecule has 0 bridgehead atoms. The summed E-state index contributed by atoms with van der Waals surface area (Å²) in [6.45, 7) is -1.17. The maximum Gasteiger partial charge on any atom is 0.351 e. The zero-order valence-electron chi connectivity index (χ0n) is 13.0. The maximum atomic E-state index is 11.7. The van der Waals surface area contributed by atoms with Crippen LogP contribution in [-0.4, -0.2) is 25.2 Å². The molecule has 0 aliphatic rings. The van der Waals surface area contributed by atoms with Crippen molar-refractivity contribution in [1.82, 2.24) is 0 Å². The first-order valence-electron chi connectivity index (χ1n) is 6.95. The van der Waals surface area contributed by atoms with Gasteiger partial charge in [-0.3, -0.25) is 0 Å². The molecule has 0 amide bonds. The van der Waals surface area contributed by atoms with E-state index < -0.39 is 25.2 Å². The Morgan fingerprint density at radius 2 is 0.926 bits per heavy atom. The number of benzene rings is 2. The molecule has 0 N–H and O–H groups in total. The van der Waals surface area contributed by atoms with Crippen molar-refractivity contribution in [3.8, 4) is 11.5 Å². The molecule has 2 aromatic rings. The Bertz CT molecular complexity index is 815. The topological polar surface area (TPSA) is 61.8 Å². The maximum absolute atomic E-state index is 11.7. The van der Waals surface area contributed by atoms with Crippen LogP contribution in [0.1, 0.15) is 0 Å². The minimum Gasteiger partial charge on any atom is -0.480 e. The van der Waals surface area contributed by atoms with Gasteiger partial charge in [-0.2, -0.15) is 0 Å². The van der Waals surface area contributed by atoms with Crippen LogP contribution in [0.4, 0.5) is 0 Å². The predicted octanol–water partition coefficient (Wildman–Crippen LogP) is 6.13. The first-order valence-corrected chi connectivity index (χ1v) is 9.22. The molecule has 0 spiro atoms. The fraction of sp³-hybridized carbons (Fsp3) is 0.125. The predicted molar refractivity (Wildman–Crippen MR) is 105 cm³/mol. The highest BCUT2D eigenvalue weighted by molar-refractivity contribution is 6.44. The van der Waals surface area contributed by atoms with E-state index in [1.54, 1.807) is 0 Å². The lowest BCUT2D eigenvalue weighted by Gasteiger charge is -2.10. The molecule has 11 heteroatoms. The van der Waals surface area contributed by atoms with Crippen molar-refractivity contribution in [3.05, 3.63) is 54.4 Å². The average molecular weight is 493 g/mol. The number of hydrogen-bond donors (Lipinski definition) is 0. The van der Waals surface area contributed by atoms with Crippen molar-refractivity contribution in [2.75, 3.05) is 13.2 Å². The highest BCUT2D eigenvalue weighted by atomic mass is 35.5. The summed E-state index contributed by atoms with van der Waals surface area (Å²) < 4.78 is 14.8. The summed E-state index contributed by atoms with van der Waals surface area (Å²) in [7, 11) is 0. The third-order valence-electron chi connectivity index (χ3n) is 2.87. The molecule has 0 aliphatic heterocycles. The van der Waals surface area contributed by atoms with Crippen LogP contribution in [-0.2, 0) is 14.3 Å². The van der Waals surface area contributed by atoms with Crippen LogP contribution in [0.2, 0.25) is 30.1 Å². The minimum atomic E-state index is -0.967. The fourth-order valence-corrected chi connectivity index (χ4v) is 2.87. The number of esters is 2. The van der Waals surface area contributed by atoms with Crippen molar-refractivity contribution in [2.45, 2.75) is 0 Å². The number of carbonyl (C=O) groups excluding carboxylic acids is 2. The van der Waals surface area contributed by atoms with Gasteiger partial charge in [0.15, 0.2) is 13.2 Å². The highest BCUT2D eigenvalue weighted by Crippen LogP contribution is 2.34. The van der Waals surface area contributed by atoms with Crippen molar-refractivity contribution < 1.29 is 23.8 Å². The number of ether oxygens (including phenoxy) is 3. The van der Waals surface area contributed by atoms with Crippen LogP contribution in [0.15, 0.2) is 24.3 Å². The van der Waals surface area contributed by atoms with Crippen LogP contribution in [0.25, 0.3) is 0 Å². The molecule has 0 saturated heterocycles. The monoisotopic (exact) mass is 490 g/mol. The van der Waals surface area contributed by atoms with Gasteiger partial charge in [0.05, 0.1) is 30.1 Å². The SMILES string of the molecule is O=C(COc1cc(Cl)c(Cl)cc1Cl)OC(=O)COc1cc(Cl)c(Cl)cc1Cl. The molecule has 0 atom stereocenters. The van der Waals surface area contributed by atoms with Gasteiger partial charge in [-0.05, 0) is 12.1 Å². The third kappa shape index (κ3) is 6.49. The van der Waals surface area contributed by atoms with Gasteiger partial charge in [0.25, 0.3) is 0 Å². The summed E-state index contributed by atoms with van der Waals surface area (Å²) in [5.74, 6) is -1.72. The molecule has 0 aliphatic carbocycles. The van der Waals surface area contributed by atoms with E-state index >= 15 is 0 Å². The molecule has 0 saturated carbocycles. The molecule has 144 valence electrons. The smallest absolute Gasteiger partial charge is 0.351 e. The lowest BCUT2D eigenvalue weighted by Crippen LogP contribution is -2.23. The lowest BCUT2D eigenvalue weighted by atomic mass is 10.3. The van der Waals surface area contributed by atoms with E-state index in [0.717, 1.165) is 0 Å². The number of rotatable bonds is 6. The molecular formula is C16H8Cl6O5. The Hall–Kier alpha value is -1.08. The van der Waals surface area contributed by atoms with E-state index in [9.17, 15) is 9.59 Å². The van der Waals surface area contributed by atoms with E-state index in [1.807, 2.05) is 0 Å². The van der Waals surface area contributed by atoms with E-state index in [-0.39, 0.29) is 41.6 Å². The van der Waals surface area contributed by atoms with Gasteiger partial charge in [-0.1, -0.05) is 69.6 Å². The molecule has 5 nitrogen and oxygen atoms in total. The standard InChI is InChI=1S/C16H8Cl6O5/c17-7-1-11(21)13(3-9(7)19)25-5-15(23)27-16(24)6-26-14-4-10(20)8(18)2-12(14)22/h1-4H,5-6H2. The zero-order chi connectivity index (χ0) is 20.1. The summed E-state index contributed by atoms with van der Waals surface area (Å²) in [6.07, 6.45) is 0. The van der Waals surface area contributed by atoms with Gasteiger partial charge in [0.2, 0.25) is 0 Å². The van der Waals surface area contributed by atoms with E-state index in [4.69, 9.17) is 79.1 Å². The van der Waals surface area contributed by atoms with Crippen molar-refractivity contribution in [1.29, 1.82) is 0 Å². The molecule has 2 aromatic carbocycles. The van der Waals surface area contributed by atoms with Crippen LogP contribution < -0.4 is 9.47 Å². The van der Waals surface area contributed by atoms with Crippen LogP contribution in [0, 0.1) is 0 Å². The Balaban J connectivity index is 1.85. The Morgan fingerprint density at radius 3 is 1.30 bits per heavy atom. The third-order valence-corrected chi connectivity index (χ3v) is 4.90. The number of hydrogen-bond acceptors (Lipinski definition) is 5. The summed E-state index contributed by atoms with van der Waals surface area (Å²) in [5.41, 5.74) is 0. The first-order chi connectivity index (χ1) is 12.7. The molecule has 0 fully saturated rings. The Morgan fingerprint density at radius 1 is 0.593 bits per heavy atom. The van der Waals surface area contributed by atoms with Crippen LogP contribution in [0.3, 0.4) is 0 Å². The fourth-order valence-electron chi connectivity index (χ4n) is 1.69. The molecule has 0 aromatic heterocycles. The van der Waals surface area contributed by atoms with E-state index in [1.165, 1.54) is 24.3 Å². The van der Waals surface area contributed by atoms with Gasteiger partial charge >= 0.3 is 11.9 Å². The molecular weight excluding hydrogens is 485 g/mol. The zero-order valence-corrected chi connectivity index (χ0v) is 17.6. The molecule has 0 heterocycles.